The number of para-hydroxylation sites is 1. The zero-order valence-electron chi connectivity index (χ0n) is 21.5. The lowest BCUT2D eigenvalue weighted by Gasteiger charge is -2.24. The number of rotatable bonds is 12. The third kappa shape index (κ3) is 7.07. The first-order valence-electron chi connectivity index (χ1n) is 12.7. The number of methoxy groups -OCH3 is 1. The number of nitrogens with two attached hydrogens (primary N) is 2. The molecule has 1 fully saturated rings. The highest BCUT2D eigenvalue weighted by molar-refractivity contribution is 5.83. The van der Waals surface area contributed by atoms with Gasteiger partial charge >= 0.3 is 0 Å². The molecule has 1 heterocycles. The summed E-state index contributed by atoms with van der Waals surface area (Å²) in [6, 6.07) is 6.02. The Hall–Kier alpha value is -3.35. The Morgan fingerprint density at radius 1 is 1.29 bits per heavy atom. The van der Waals surface area contributed by atoms with Gasteiger partial charge in [-0.1, -0.05) is 44.9 Å². The van der Waals surface area contributed by atoms with Gasteiger partial charge in [-0.25, -0.2) is 0 Å². The lowest BCUT2D eigenvalue weighted by Crippen LogP contribution is -2.29. The van der Waals surface area contributed by atoms with Crippen LogP contribution in [0.1, 0.15) is 64.9 Å². The third-order valence-corrected chi connectivity index (χ3v) is 6.55. The summed E-state index contributed by atoms with van der Waals surface area (Å²) in [7, 11) is 1.67. The molecule has 7 heteroatoms. The summed E-state index contributed by atoms with van der Waals surface area (Å²) in [6.07, 6.45) is 12.7. The number of hydrogen-bond donors (Lipinski definition) is 5. The summed E-state index contributed by atoms with van der Waals surface area (Å²) in [5, 5.41) is 9.58. The van der Waals surface area contributed by atoms with Gasteiger partial charge in [-0.05, 0) is 55.7 Å². The van der Waals surface area contributed by atoms with Crippen LogP contribution in [0, 0.1) is 11.8 Å². The lowest BCUT2D eigenvalue weighted by atomic mass is 9.87. The molecule has 1 aromatic rings. The number of amides is 1. The normalized spacial score (nSPS) is 17.4. The first-order chi connectivity index (χ1) is 16.9. The van der Waals surface area contributed by atoms with Gasteiger partial charge in [0.05, 0.1) is 18.5 Å². The maximum atomic E-state index is 12.1. The summed E-state index contributed by atoms with van der Waals surface area (Å²) in [4.78, 5) is 12.1. The van der Waals surface area contributed by atoms with E-state index in [2.05, 4.69) is 48.1 Å². The van der Waals surface area contributed by atoms with E-state index in [0.717, 1.165) is 42.8 Å². The number of hydrogen-bond acceptors (Lipinski definition) is 6. The minimum absolute atomic E-state index is 0.0442. The zero-order chi connectivity index (χ0) is 25.4. The topological polar surface area (TPSA) is 114 Å². The first-order valence-corrected chi connectivity index (χ1v) is 12.7. The summed E-state index contributed by atoms with van der Waals surface area (Å²) in [5.41, 5.74) is 17.7. The number of allylic oxidation sites excluding steroid dienone is 4. The number of dihydropyridines is 1. The Kier molecular flexibility index (Phi) is 9.29. The van der Waals surface area contributed by atoms with E-state index >= 15 is 0 Å². The maximum Gasteiger partial charge on any atom is 0.228 e. The van der Waals surface area contributed by atoms with Crippen molar-refractivity contribution in [2.75, 3.05) is 19.0 Å². The predicted octanol–water partition coefficient (Wildman–Crippen LogP) is 4.71. The van der Waals surface area contributed by atoms with Crippen molar-refractivity contribution in [2.24, 2.45) is 23.3 Å². The van der Waals surface area contributed by atoms with Gasteiger partial charge in [-0.3, -0.25) is 4.79 Å². The predicted molar refractivity (Wildman–Crippen MR) is 144 cm³/mol. The molecule has 1 aromatic carbocycles. The number of carbonyl (C=O) groups excluding carboxylic acids is 1. The number of ether oxygens (including phenoxy) is 1. The molecule has 1 atom stereocenters. The second-order valence-corrected chi connectivity index (χ2v) is 9.41. The van der Waals surface area contributed by atoms with E-state index in [1.54, 1.807) is 20.1 Å². The monoisotopic (exact) mass is 479 g/mol. The second-order valence-electron chi connectivity index (χ2n) is 9.41. The zero-order valence-corrected chi connectivity index (χ0v) is 21.5. The van der Waals surface area contributed by atoms with Crippen molar-refractivity contribution in [1.29, 1.82) is 0 Å². The average molecular weight is 480 g/mol. The molecule has 190 valence electrons. The Balaban J connectivity index is 1.86. The van der Waals surface area contributed by atoms with Gasteiger partial charge < -0.3 is 32.2 Å². The molecule has 0 saturated heterocycles. The Labute approximate surface area is 209 Å². The molecule has 35 heavy (non-hydrogen) atoms. The van der Waals surface area contributed by atoms with Crippen LogP contribution in [0.25, 0.3) is 5.57 Å². The van der Waals surface area contributed by atoms with Gasteiger partial charge in [0.2, 0.25) is 5.91 Å². The smallest absolute Gasteiger partial charge is 0.228 e. The minimum atomic E-state index is -0.0442. The molecule has 7 N–H and O–H groups in total. The highest BCUT2D eigenvalue weighted by atomic mass is 16.5. The number of carbonyl (C=O) groups is 1. The summed E-state index contributed by atoms with van der Waals surface area (Å²) in [5.74, 6) is 1.56. The Morgan fingerprint density at radius 3 is 2.69 bits per heavy atom. The van der Waals surface area contributed by atoms with Crippen molar-refractivity contribution < 1.29 is 9.53 Å². The SMILES string of the molecule is CCCCC(CC)C1=CNCC(c2cccc(NC(/C=C(\N)NC(=O)C3CC3)=C(\C)N)c2OC)=C1. The van der Waals surface area contributed by atoms with Gasteiger partial charge in [0, 0.05) is 36.0 Å². The quantitative estimate of drug-likeness (QED) is 0.277. The summed E-state index contributed by atoms with van der Waals surface area (Å²) in [6.45, 7) is 7.01. The standard InChI is InChI=1S/C28H41N5O2/c1-5-7-9-19(6-2)21-14-22(17-31-16-21)23-10-8-11-24(27(23)35-4)32-25(18(3)29)15-26(30)33-28(34)20-12-13-20/h8,10-11,14-16,19-20,31-32H,5-7,9,12-13,17,29-30H2,1-4H3,(H,33,34)/b25-18+,26-15+. The van der Waals surface area contributed by atoms with Crippen molar-refractivity contribution in [3.8, 4) is 5.75 Å². The van der Waals surface area contributed by atoms with Crippen molar-refractivity contribution in [1.82, 2.24) is 10.6 Å². The number of unbranched alkanes of at least 4 members (excludes halogenated alkanes) is 1. The fourth-order valence-corrected chi connectivity index (χ4v) is 4.32. The molecule has 0 bridgehead atoms. The van der Waals surface area contributed by atoms with E-state index < -0.39 is 0 Å². The van der Waals surface area contributed by atoms with Crippen LogP contribution in [0.2, 0.25) is 0 Å². The van der Waals surface area contributed by atoms with Crippen molar-refractivity contribution in [3.63, 3.8) is 0 Å². The van der Waals surface area contributed by atoms with E-state index in [1.165, 1.54) is 30.4 Å². The van der Waals surface area contributed by atoms with Crippen molar-refractivity contribution in [2.45, 2.75) is 59.3 Å². The van der Waals surface area contributed by atoms with Crippen LogP contribution < -0.4 is 32.2 Å². The van der Waals surface area contributed by atoms with Gasteiger partial charge in [-0.15, -0.1) is 0 Å². The van der Waals surface area contributed by atoms with E-state index in [9.17, 15) is 4.79 Å². The van der Waals surface area contributed by atoms with Gasteiger partial charge in [0.25, 0.3) is 0 Å². The molecular weight excluding hydrogens is 438 g/mol. The number of benzene rings is 1. The van der Waals surface area contributed by atoms with Crippen LogP contribution in [0.4, 0.5) is 5.69 Å². The Morgan fingerprint density at radius 2 is 2.06 bits per heavy atom. The largest absolute Gasteiger partial charge is 0.494 e. The molecule has 2 aliphatic rings. The highest BCUT2D eigenvalue weighted by Gasteiger charge is 2.29. The van der Waals surface area contributed by atoms with Crippen LogP contribution >= 0.6 is 0 Å². The molecule has 1 aliphatic heterocycles. The molecule has 0 aromatic heterocycles. The Bertz CT molecular complexity index is 1030. The maximum absolute atomic E-state index is 12.1. The molecule has 1 aliphatic carbocycles. The van der Waals surface area contributed by atoms with Crippen LogP contribution in [0.15, 0.2) is 59.3 Å². The van der Waals surface area contributed by atoms with Gasteiger partial charge in [0.15, 0.2) is 0 Å². The van der Waals surface area contributed by atoms with Gasteiger partial charge in [0.1, 0.15) is 11.6 Å². The molecule has 1 saturated carbocycles. The van der Waals surface area contributed by atoms with Crippen LogP contribution in [0.3, 0.4) is 0 Å². The molecule has 0 radical (unpaired) electrons. The van der Waals surface area contributed by atoms with E-state index in [-0.39, 0.29) is 17.6 Å². The van der Waals surface area contributed by atoms with Crippen LogP contribution in [-0.2, 0) is 4.79 Å². The molecule has 0 spiro atoms. The van der Waals surface area contributed by atoms with Crippen molar-refractivity contribution in [3.05, 3.63) is 64.9 Å². The fourth-order valence-electron chi connectivity index (χ4n) is 4.32. The number of anilines is 1. The second kappa shape index (κ2) is 12.4. The fraction of sp³-hybridized carbons (Fsp3) is 0.464. The van der Waals surface area contributed by atoms with Crippen LogP contribution in [0.5, 0.6) is 5.75 Å². The molecule has 1 amide bonds. The highest BCUT2D eigenvalue weighted by Crippen LogP contribution is 2.37. The lowest BCUT2D eigenvalue weighted by molar-refractivity contribution is -0.121. The first kappa shape index (κ1) is 26.3. The number of nitrogens with one attached hydrogen (secondary N) is 3. The molecule has 3 rings (SSSR count). The average Bonchev–Trinajstić information content (AvgIpc) is 3.70. The van der Waals surface area contributed by atoms with Crippen molar-refractivity contribution >= 4 is 17.2 Å². The summed E-state index contributed by atoms with van der Waals surface area (Å²) >= 11 is 0. The summed E-state index contributed by atoms with van der Waals surface area (Å²) < 4.78 is 5.87. The third-order valence-electron chi connectivity index (χ3n) is 6.55. The van der Waals surface area contributed by atoms with E-state index in [0.29, 0.717) is 17.3 Å². The molecule has 7 nitrogen and oxygen atoms in total. The van der Waals surface area contributed by atoms with Crippen LogP contribution in [-0.4, -0.2) is 19.6 Å². The van der Waals surface area contributed by atoms with E-state index in [1.807, 2.05) is 12.1 Å². The minimum Gasteiger partial charge on any atom is -0.494 e. The molecule has 1 unspecified atom stereocenters. The van der Waals surface area contributed by atoms with E-state index in [4.69, 9.17) is 16.2 Å². The molecular formula is C28H41N5O2. The van der Waals surface area contributed by atoms with Gasteiger partial charge in [-0.2, -0.15) is 0 Å².